The predicted molar refractivity (Wildman–Crippen MR) is 103 cm³/mol. The zero-order valence-electron chi connectivity index (χ0n) is 15.0. The Kier molecular flexibility index (Phi) is 6.57. The van der Waals surface area contributed by atoms with Gasteiger partial charge in [-0.2, -0.15) is 0 Å². The van der Waals surface area contributed by atoms with E-state index in [0.717, 1.165) is 35.5 Å². The van der Waals surface area contributed by atoms with E-state index >= 15 is 0 Å². The van der Waals surface area contributed by atoms with E-state index in [9.17, 15) is 9.59 Å². The Morgan fingerprint density at radius 3 is 2.28 bits per heavy atom. The molecular formula is C20H25N3O2. The van der Waals surface area contributed by atoms with Crippen molar-refractivity contribution in [2.45, 2.75) is 33.6 Å². The Morgan fingerprint density at radius 1 is 0.960 bits per heavy atom. The van der Waals surface area contributed by atoms with Crippen molar-refractivity contribution in [3.8, 4) is 0 Å². The van der Waals surface area contributed by atoms with Crippen LogP contribution in [0.3, 0.4) is 0 Å². The Morgan fingerprint density at radius 2 is 1.64 bits per heavy atom. The molecule has 2 amide bonds. The van der Waals surface area contributed by atoms with Gasteiger partial charge < -0.3 is 16.0 Å². The first-order valence-electron chi connectivity index (χ1n) is 8.49. The lowest BCUT2D eigenvalue weighted by Gasteiger charge is -2.11. The number of amides is 2. The van der Waals surface area contributed by atoms with Gasteiger partial charge in [0, 0.05) is 24.0 Å². The summed E-state index contributed by atoms with van der Waals surface area (Å²) >= 11 is 0. The summed E-state index contributed by atoms with van der Waals surface area (Å²) in [7, 11) is 0. The zero-order chi connectivity index (χ0) is 18.2. The van der Waals surface area contributed by atoms with Crippen molar-refractivity contribution in [2.24, 2.45) is 0 Å². The van der Waals surface area contributed by atoms with Crippen molar-refractivity contribution in [2.75, 3.05) is 22.5 Å². The fraction of sp³-hybridized carbons (Fsp3) is 0.300. The van der Waals surface area contributed by atoms with Crippen molar-refractivity contribution >= 4 is 28.9 Å². The molecule has 0 spiro atoms. The summed E-state index contributed by atoms with van der Waals surface area (Å²) in [5.74, 6) is -0.241. The number of carbonyl (C=O) groups is 2. The molecule has 0 heterocycles. The van der Waals surface area contributed by atoms with Crippen LogP contribution in [0, 0.1) is 6.92 Å². The second-order valence-corrected chi connectivity index (χ2v) is 6.06. The summed E-state index contributed by atoms with van der Waals surface area (Å²) in [6, 6.07) is 13.5. The number of carbonyl (C=O) groups excluding carboxylic acids is 2. The van der Waals surface area contributed by atoms with Crippen molar-refractivity contribution in [3.63, 3.8) is 0 Å². The first kappa shape index (κ1) is 18.5. The van der Waals surface area contributed by atoms with Crippen LogP contribution in [-0.4, -0.2) is 18.4 Å². The van der Waals surface area contributed by atoms with Gasteiger partial charge in [0.05, 0.1) is 6.54 Å². The van der Waals surface area contributed by atoms with Gasteiger partial charge in [-0.15, -0.1) is 0 Å². The smallest absolute Gasteiger partial charge is 0.243 e. The van der Waals surface area contributed by atoms with Crippen LogP contribution in [0.4, 0.5) is 17.1 Å². The average Bonchev–Trinajstić information content (AvgIpc) is 2.57. The summed E-state index contributed by atoms with van der Waals surface area (Å²) in [5.41, 5.74) is 4.54. The molecule has 2 aromatic rings. The molecule has 5 nitrogen and oxygen atoms in total. The summed E-state index contributed by atoms with van der Waals surface area (Å²) < 4.78 is 0. The fourth-order valence-electron chi connectivity index (χ4n) is 2.49. The van der Waals surface area contributed by atoms with Gasteiger partial charge >= 0.3 is 0 Å². The molecule has 5 heteroatoms. The fourth-order valence-corrected chi connectivity index (χ4v) is 2.49. The highest BCUT2D eigenvalue weighted by molar-refractivity contribution is 5.94. The maximum Gasteiger partial charge on any atom is 0.243 e. The van der Waals surface area contributed by atoms with E-state index < -0.39 is 0 Å². The Labute approximate surface area is 148 Å². The summed E-state index contributed by atoms with van der Waals surface area (Å²) in [4.78, 5) is 23.3. The van der Waals surface area contributed by atoms with E-state index in [1.54, 1.807) is 0 Å². The van der Waals surface area contributed by atoms with Gasteiger partial charge in [0.2, 0.25) is 11.8 Å². The molecule has 0 saturated heterocycles. The number of aryl methyl sites for hydroxylation is 2. The van der Waals surface area contributed by atoms with Crippen LogP contribution in [-0.2, 0) is 16.0 Å². The Hall–Kier alpha value is -2.82. The molecule has 132 valence electrons. The molecule has 25 heavy (non-hydrogen) atoms. The molecule has 0 aliphatic heterocycles. The van der Waals surface area contributed by atoms with Crippen LogP contribution >= 0.6 is 0 Å². The molecule has 0 aliphatic carbocycles. The first-order valence-corrected chi connectivity index (χ1v) is 8.49. The Balaban J connectivity index is 1.90. The predicted octanol–water partition coefficient (Wildman–Crippen LogP) is 3.96. The van der Waals surface area contributed by atoms with E-state index in [-0.39, 0.29) is 18.4 Å². The molecule has 2 rings (SSSR count). The lowest BCUT2D eigenvalue weighted by atomic mass is 10.1. The van der Waals surface area contributed by atoms with Crippen molar-refractivity contribution in [3.05, 3.63) is 53.6 Å². The third-order valence-electron chi connectivity index (χ3n) is 3.78. The van der Waals surface area contributed by atoms with E-state index in [2.05, 4.69) is 22.9 Å². The van der Waals surface area contributed by atoms with Crippen LogP contribution in [0.2, 0.25) is 0 Å². The topological polar surface area (TPSA) is 70.2 Å². The zero-order valence-corrected chi connectivity index (χ0v) is 15.0. The largest absolute Gasteiger partial charge is 0.376 e. The monoisotopic (exact) mass is 339 g/mol. The standard InChI is InChI=1S/C20H25N3O2/c1-4-5-16-7-10-17(11-8-16)23-20(25)13-21-18-9-6-14(2)19(12-18)22-15(3)24/h6-12,21H,4-5,13H2,1-3H3,(H,22,24)(H,23,25). The van der Waals surface area contributed by atoms with Gasteiger partial charge in [-0.3, -0.25) is 9.59 Å². The van der Waals surface area contributed by atoms with Gasteiger partial charge in [0.15, 0.2) is 0 Å². The van der Waals surface area contributed by atoms with Gasteiger partial charge in [-0.25, -0.2) is 0 Å². The molecular weight excluding hydrogens is 314 g/mol. The van der Waals surface area contributed by atoms with E-state index in [4.69, 9.17) is 0 Å². The van der Waals surface area contributed by atoms with Gasteiger partial charge in [0.1, 0.15) is 0 Å². The van der Waals surface area contributed by atoms with Crippen LogP contribution in [0.5, 0.6) is 0 Å². The highest BCUT2D eigenvalue weighted by Crippen LogP contribution is 2.20. The van der Waals surface area contributed by atoms with Gasteiger partial charge in [-0.1, -0.05) is 31.5 Å². The van der Waals surface area contributed by atoms with Gasteiger partial charge in [0.25, 0.3) is 0 Å². The van der Waals surface area contributed by atoms with Crippen molar-refractivity contribution in [1.29, 1.82) is 0 Å². The Bertz CT molecular complexity index is 739. The quantitative estimate of drug-likeness (QED) is 0.715. The minimum Gasteiger partial charge on any atom is -0.376 e. The highest BCUT2D eigenvalue weighted by Gasteiger charge is 2.05. The second kappa shape index (κ2) is 8.87. The summed E-state index contributed by atoms with van der Waals surface area (Å²) in [6.45, 7) is 5.69. The number of hydrogen-bond donors (Lipinski definition) is 3. The van der Waals surface area contributed by atoms with Crippen LogP contribution in [0.15, 0.2) is 42.5 Å². The molecule has 0 unspecified atom stereocenters. The van der Waals surface area contributed by atoms with E-state index in [0.29, 0.717) is 0 Å². The molecule has 3 N–H and O–H groups in total. The summed E-state index contributed by atoms with van der Waals surface area (Å²) in [5, 5.41) is 8.72. The number of benzene rings is 2. The second-order valence-electron chi connectivity index (χ2n) is 6.06. The molecule has 0 fully saturated rings. The summed E-state index contributed by atoms with van der Waals surface area (Å²) in [6.07, 6.45) is 2.15. The molecule has 0 aliphatic rings. The number of nitrogens with one attached hydrogen (secondary N) is 3. The van der Waals surface area contributed by atoms with Crippen molar-refractivity contribution in [1.82, 2.24) is 0 Å². The van der Waals surface area contributed by atoms with Gasteiger partial charge in [-0.05, 0) is 48.7 Å². The number of hydrogen-bond acceptors (Lipinski definition) is 3. The minimum absolute atomic E-state index is 0.120. The highest BCUT2D eigenvalue weighted by atomic mass is 16.2. The maximum absolute atomic E-state index is 12.1. The third-order valence-corrected chi connectivity index (χ3v) is 3.78. The number of rotatable bonds is 7. The lowest BCUT2D eigenvalue weighted by Crippen LogP contribution is -2.21. The third kappa shape index (κ3) is 5.95. The SMILES string of the molecule is CCCc1ccc(NC(=O)CNc2ccc(C)c(NC(C)=O)c2)cc1. The molecule has 2 aromatic carbocycles. The van der Waals surface area contributed by atoms with Crippen LogP contribution < -0.4 is 16.0 Å². The average molecular weight is 339 g/mol. The maximum atomic E-state index is 12.1. The van der Waals surface area contributed by atoms with Crippen LogP contribution in [0.1, 0.15) is 31.4 Å². The normalized spacial score (nSPS) is 10.2. The minimum atomic E-state index is -0.121. The lowest BCUT2D eigenvalue weighted by molar-refractivity contribution is -0.115. The number of anilines is 3. The molecule has 0 aromatic heterocycles. The first-order chi connectivity index (χ1) is 12.0. The van der Waals surface area contributed by atoms with E-state index in [1.165, 1.54) is 12.5 Å². The van der Waals surface area contributed by atoms with E-state index in [1.807, 2.05) is 49.4 Å². The van der Waals surface area contributed by atoms with Crippen LogP contribution in [0.25, 0.3) is 0 Å². The molecule has 0 saturated carbocycles. The molecule has 0 bridgehead atoms. The van der Waals surface area contributed by atoms with Crippen molar-refractivity contribution < 1.29 is 9.59 Å². The molecule has 0 radical (unpaired) electrons. The molecule has 0 atom stereocenters.